The van der Waals surface area contributed by atoms with Gasteiger partial charge in [0.15, 0.2) is 0 Å². The quantitative estimate of drug-likeness (QED) is 0.358. The van der Waals surface area contributed by atoms with Crippen LogP contribution in [0.5, 0.6) is 0 Å². The number of aryl methyl sites for hydroxylation is 1. The van der Waals surface area contributed by atoms with Gasteiger partial charge in [-0.1, -0.05) is 110 Å². The zero-order valence-corrected chi connectivity index (χ0v) is 15.7. The Kier molecular flexibility index (Phi) is 5.16. The van der Waals surface area contributed by atoms with E-state index in [-0.39, 0.29) is 0 Å². The van der Waals surface area contributed by atoms with Gasteiger partial charge in [0.05, 0.1) is 0 Å². The molecule has 0 heterocycles. The first kappa shape index (κ1) is 17.3. The molecule has 0 heteroatoms. The molecule has 0 fully saturated rings. The van der Waals surface area contributed by atoms with Gasteiger partial charge >= 0.3 is 0 Å². The minimum absolute atomic E-state index is 0.962. The molecule has 0 saturated carbocycles. The number of hydrogen-bond acceptors (Lipinski definition) is 0. The van der Waals surface area contributed by atoms with E-state index in [1.165, 1.54) is 38.9 Å². The molecule has 0 nitrogen and oxygen atoms in total. The van der Waals surface area contributed by atoms with Crippen LogP contribution >= 0.6 is 0 Å². The number of rotatable bonds is 5. The van der Waals surface area contributed by atoms with Gasteiger partial charge in [-0.25, -0.2) is 0 Å². The van der Waals surface area contributed by atoms with Crippen molar-refractivity contribution in [3.63, 3.8) is 0 Å². The Labute approximate surface area is 162 Å². The molecule has 4 aromatic carbocycles. The van der Waals surface area contributed by atoms with Crippen molar-refractivity contribution >= 4 is 0 Å². The Balaban J connectivity index is 1.46. The van der Waals surface area contributed by atoms with E-state index >= 15 is 0 Å². The summed E-state index contributed by atoms with van der Waals surface area (Å²) in [5, 5.41) is 0. The molecule has 0 aliphatic carbocycles. The monoisotopic (exact) mass is 348 g/mol. The summed E-state index contributed by atoms with van der Waals surface area (Å²) in [6.45, 7) is 2.19. The van der Waals surface area contributed by atoms with Crippen molar-refractivity contribution in [1.82, 2.24) is 0 Å². The zero-order valence-electron chi connectivity index (χ0n) is 15.7. The minimum atomic E-state index is 0.962. The van der Waals surface area contributed by atoms with Crippen LogP contribution in [0, 0.1) is 0 Å². The van der Waals surface area contributed by atoms with Crippen molar-refractivity contribution in [2.24, 2.45) is 0 Å². The Bertz CT molecular complexity index is 977. The van der Waals surface area contributed by atoms with Crippen LogP contribution in [0.2, 0.25) is 0 Å². The molecule has 0 aliphatic heterocycles. The Morgan fingerprint density at radius 1 is 0.407 bits per heavy atom. The van der Waals surface area contributed by atoms with Crippen LogP contribution in [0.25, 0.3) is 22.3 Å². The highest BCUT2D eigenvalue weighted by Gasteiger charge is 2.02. The summed E-state index contributed by atoms with van der Waals surface area (Å²) in [5.41, 5.74) is 9.17. The van der Waals surface area contributed by atoms with Crippen molar-refractivity contribution in [3.05, 3.63) is 120 Å². The summed E-state index contributed by atoms with van der Waals surface area (Å²) in [7, 11) is 0. The summed E-state index contributed by atoms with van der Waals surface area (Å²) in [5.74, 6) is 0. The van der Waals surface area contributed by atoms with E-state index in [9.17, 15) is 0 Å². The van der Waals surface area contributed by atoms with Gasteiger partial charge in [-0.3, -0.25) is 0 Å². The van der Waals surface area contributed by atoms with Crippen molar-refractivity contribution in [3.8, 4) is 22.3 Å². The molecular formula is C27H24. The van der Waals surface area contributed by atoms with Crippen molar-refractivity contribution in [1.29, 1.82) is 0 Å². The van der Waals surface area contributed by atoms with E-state index in [0.29, 0.717) is 0 Å². The third-order valence-electron chi connectivity index (χ3n) is 5.12. The normalized spacial score (nSPS) is 10.7. The third-order valence-corrected chi connectivity index (χ3v) is 5.12. The highest BCUT2D eigenvalue weighted by Crippen LogP contribution is 2.23. The Hall–Kier alpha value is -3.12. The van der Waals surface area contributed by atoms with Gasteiger partial charge in [-0.05, 0) is 51.8 Å². The molecule has 132 valence electrons. The highest BCUT2D eigenvalue weighted by molar-refractivity contribution is 5.65. The predicted octanol–water partition coefficient (Wildman–Crippen LogP) is 7.17. The average Bonchev–Trinajstić information content (AvgIpc) is 2.76. The van der Waals surface area contributed by atoms with Crippen LogP contribution < -0.4 is 0 Å². The van der Waals surface area contributed by atoms with E-state index in [2.05, 4.69) is 110 Å². The lowest BCUT2D eigenvalue weighted by Crippen LogP contribution is -1.89. The lowest BCUT2D eigenvalue weighted by Gasteiger charge is -2.07. The Morgan fingerprint density at radius 3 is 1.19 bits per heavy atom. The van der Waals surface area contributed by atoms with Gasteiger partial charge in [-0.15, -0.1) is 0 Å². The standard InChI is InChI=1S/C27H24/c1-2-21-8-14-26(15-9-21)27-18-12-23(13-19-27)20-22-10-16-25(17-11-22)24-6-4-3-5-7-24/h3-19H,2,20H2,1H3. The first-order valence-corrected chi connectivity index (χ1v) is 9.64. The summed E-state index contributed by atoms with van der Waals surface area (Å²) < 4.78 is 0. The van der Waals surface area contributed by atoms with Crippen molar-refractivity contribution in [2.75, 3.05) is 0 Å². The van der Waals surface area contributed by atoms with Crippen LogP contribution in [0.15, 0.2) is 103 Å². The summed E-state index contributed by atoms with van der Waals surface area (Å²) in [6.07, 6.45) is 2.05. The molecule has 0 atom stereocenters. The summed E-state index contributed by atoms with van der Waals surface area (Å²) >= 11 is 0. The van der Waals surface area contributed by atoms with Crippen molar-refractivity contribution in [2.45, 2.75) is 19.8 Å². The minimum Gasteiger partial charge on any atom is -0.0622 e. The molecule has 0 amide bonds. The number of benzene rings is 4. The van der Waals surface area contributed by atoms with Gasteiger partial charge in [0.2, 0.25) is 0 Å². The maximum atomic E-state index is 2.24. The molecule has 0 saturated heterocycles. The molecule has 27 heavy (non-hydrogen) atoms. The lowest BCUT2D eigenvalue weighted by molar-refractivity contribution is 1.14. The predicted molar refractivity (Wildman–Crippen MR) is 116 cm³/mol. The summed E-state index contributed by atoms with van der Waals surface area (Å²) in [6, 6.07) is 37.3. The molecule has 0 aromatic heterocycles. The van der Waals surface area contributed by atoms with Crippen LogP contribution in [-0.2, 0) is 12.8 Å². The highest BCUT2D eigenvalue weighted by atomic mass is 14.1. The molecular weight excluding hydrogens is 324 g/mol. The smallest absolute Gasteiger partial charge is 0.00258 e. The lowest BCUT2D eigenvalue weighted by atomic mass is 9.98. The first-order chi connectivity index (χ1) is 13.3. The first-order valence-electron chi connectivity index (χ1n) is 9.64. The second-order valence-corrected chi connectivity index (χ2v) is 6.99. The average molecular weight is 348 g/mol. The van der Waals surface area contributed by atoms with E-state index in [1.807, 2.05) is 0 Å². The van der Waals surface area contributed by atoms with Crippen LogP contribution in [-0.4, -0.2) is 0 Å². The fourth-order valence-electron chi connectivity index (χ4n) is 3.43. The molecule has 0 unspecified atom stereocenters. The molecule has 0 bridgehead atoms. The number of hydrogen-bond donors (Lipinski definition) is 0. The SMILES string of the molecule is CCc1ccc(-c2ccc(Cc3ccc(-c4ccccc4)cc3)cc2)cc1. The maximum Gasteiger partial charge on any atom is -0.00258 e. The fraction of sp³-hybridized carbons (Fsp3) is 0.111. The van der Waals surface area contributed by atoms with Crippen LogP contribution in [0.4, 0.5) is 0 Å². The van der Waals surface area contributed by atoms with E-state index in [0.717, 1.165) is 12.8 Å². The van der Waals surface area contributed by atoms with Gasteiger partial charge < -0.3 is 0 Å². The van der Waals surface area contributed by atoms with Gasteiger partial charge in [0, 0.05) is 0 Å². The largest absolute Gasteiger partial charge is 0.0622 e. The van der Waals surface area contributed by atoms with Gasteiger partial charge in [0.25, 0.3) is 0 Å². The Morgan fingerprint density at radius 2 is 0.778 bits per heavy atom. The molecule has 0 radical (unpaired) electrons. The summed E-state index contributed by atoms with van der Waals surface area (Å²) in [4.78, 5) is 0. The van der Waals surface area contributed by atoms with Gasteiger partial charge in [0.1, 0.15) is 0 Å². The second-order valence-electron chi connectivity index (χ2n) is 6.99. The van der Waals surface area contributed by atoms with Crippen LogP contribution in [0.3, 0.4) is 0 Å². The molecule has 4 aromatic rings. The molecule has 4 rings (SSSR count). The molecule has 0 aliphatic rings. The topological polar surface area (TPSA) is 0 Å². The molecule has 0 spiro atoms. The van der Waals surface area contributed by atoms with E-state index in [4.69, 9.17) is 0 Å². The van der Waals surface area contributed by atoms with Gasteiger partial charge in [-0.2, -0.15) is 0 Å². The van der Waals surface area contributed by atoms with E-state index in [1.54, 1.807) is 0 Å². The fourth-order valence-corrected chi connectivity index (χ4v) is 3.43. The molecule has 0 N–H and O–H groups in total. The second kappa shape index (κ2) is 8.05. The maximum absolute atomic E-state index is 2.24. The van der Waals surface area contributed by atoms with Crippen molar-refractivity contribution < 1.29 is 0 Å². The van der Waals surface area contributed by atoms with Crippen LogP contribution in [0.1, 0.15) is 23.6 Å². The third kappa shape index (κ3) is 4.17. The zero-order chi connectivity index (χ0) is 18.5. The van der Waals surface area contributed by atoms with E-state index < -0.39 is 0 Å².